The van der Waals surface area contributed by atoms with Crippen LogP contribution < -0.4 is 95.1 Å². The summed E-state index contributed by atoms with van der Waals surface area (Å²) in [5.74, 6) is -5.97. The minimum absolute atomic E-state index is 0. The number of amides is 2. The Kier molecular flexibility index (Phi) is 65.5. The fraction of sp³-hybridized carbons (Fsp3) is 0.588. The van der Waals surface area contributed by atoms with Gasteiger partial charge in [0.05, 0.1) is 37.6 Å². The molecule has 1 radical (unpaired) electrons. The van der Waals surface area contributed by atoms with E-state index in [0.717, 1.165) is 37.7 Å². The van der Waals surface area contributed by atoms with E-state index in [1.165, 1.54) is 74.0 Å². The monoisotopic (exact) mass is 1300 g/mol. The molecule has 2 unspecified atom stereocenters. The predicted octanol–water partition coefficient (Wildman–Crippen LogP) is -1.72. The molecule has 26 heteroatoms. The summed E-state index contributed by atoms with van der Waals surface area (Å²) < 4.78 is 43.5. The maximum atomic E-state index is 12.6. The number of carboxylic acids is 3. The average molecular weight is 1300 g/mol. The van der Waals surface area contributed by atoms with E-state index in [2.05, 4.69) is 113 Å². The summed E-state index contributed by atoms with van der Waals surface area (Å²) in [5, 5.41) is 47.5. The van der Waals surface area contributed by atoms with Crippen molar-refractivity contribution in [3.8, 4) is 0 Å². The van der Waals surface area contributed by atoms with E-state index in [0.29, 0.717) is 6.26 Å². The van der Waals surface area contributed by atoms with Crippen molar-refractivity contribution in [3.05, 3.63) is 93.1 Å². The predicted molar refractivity (Wildman–Crippen MR) is 294 cm³/mol. The summed E-state index contributed by atoms with van der Waals surface area (Å²) in [6.07, 6.45) is 17.5. The van der Waals surface area contributed by atoms with E-state index in [4.69, 9.17) is 14.2 Å². The molecular formula is C51H99GdN5Na2O16P2+. The molecule has 0 heterocycles. The number of carbonyl (C=O) groups is 5. The first-order valence-corrected chi connectivity index (χ1v) is 26.4. The first-order valence-electron chi connectivity index (χ1n) is 23.8. The van der Waals surface area contributed by atoms with Crippen LogP contribution in [0.1, 0.15) is 120 Å². The molecule has 0 fully saturated rings. The third kappa shape index (κ3) is 62.2. The average Bonchev–Trinajstić information content (AvgIpc) is 3.35. The first-order chi connectivity index (χ1) is 35.7. The third-order valence-corrected chi connectivity index (χ3v) is 11.0. The van der Waals surface area contributed by atoms with E-state index in [9.17, 15) is 53.3 Å². The Labute approximate surface area is 553 Å². The summed E-state index contributed by atoms with van der Waals surface area (Å²) in [7, 11) is -6.54. The quantitative estimate of drug-likeness (QED) is 0.0226. The van der Waals surface area contributed by atoms with E-state index in [1.54, 1.807) is 0 Å². The van der Waals surface area contributed by atoms with Gasteiger partial charge in [-0.2, -0.15) is 7.11 Å². The van der Waals surface area contributed by atoms with Gasteiger partial charge >= 0.3 is 115 Å². The summed E-state index contributed by atoms with van der Waals surface area (Å²) in [6, 6.07) is 0. The summed E-state index contributed by atoms with van der Waals surface area (Å²) in [5.41, 5.74) is 33.1. The number of phosphoric ester groups is 1. The van der Waals surface area contributed by atoms with Crippen molar-refractivity contribution < 1.29 is 198 Å². The summed E-state index contributed by atoms with van der Waals surface area (Å²) >= 11 is 0. The molecule has 0 aliphatic carbocycles. The van der Waals surface area contributed by atoms with Crippen LogP contribution in [0.2, 0.25) is 0 Å². The van der Waals surface area contributed by atoms with Gasteiger partial charge in [-0.1, -0.05) is 96.1 Å². The Hall–Kier alpha value is -2.86. The van der Waals surface area contributed by atoms with Gasteiger partial charge < -0.3 is 59.4 Å². The maximum Gasteiger partial charge on any atom is 3.00 e. The molecule has 2 N–H and O–H groups in total. The molecule has 0 aromatic rings. The molecule has 0 rings (SSSR count). The SMILES string of the molecule is C=C=C=C=C=C=C=C=C=C=C=C=C=C=C=COP(=O)([O-])OCCNC(=O)CN(CCN(CCN(CC(=O)[O-])CC(=O)NCCO[P+](=O)OCCCCCCCCCCCCCCCC)CC(=O)[O-])CC(=O)[O-].C[O-].[Gd+3].[HH].[HH].[HH].[HH].[HH].[HH].[HH].[HH].[HH].[HH].[HH].[HH].[HH].[HH].[HH].[HH].[Na+].[Na+]. The van der Waals surface area contributed by atoms with Gasteiger partial charge in [0.25, 0.3) is 0 Å². The molecule has 2 atom stereocenters. The number of hydrogen-bond acceptors (Lipinski definition) is 19. The number of carboxylic acid groups (broad SMARTS) is 3. The molecule has 0 aromatic carbocycles. The standard InChI is InChI=1S/C50H67N5O15P2.CH3O.Gd.2Na.16H2/c1-3-5-7-9-11-13-15-17-19-21-23-25-27-29-37-67-71(64)68-39-31-51-46(56)41-54(44-49(60)61)35-33-53(43-48(58)59)34-36-55(45-50(62)63)42-47(57)52-32-40-70-72(65,66)69-38-30-28-26-24-22-20-18-16-14-12-10-8-6-4-2;1-2;;;;;;;;;;;;;;;;;;;/h38H,2-3,5,7,9,11,13,15,17,19,21,23,25,27,29,31-37,39-45H2,1H3,(H5-,51,52,56,57,58,59,60,61,62,63,65,66);1H3;;;;16*1H/q;-1;+3;2*+1;;;;;;;;;;;;;;;;/p-3. The van der Waals surface area contributed by atoms with Gasteiger partial charge in [-0.15, -0.1) is 9.05 Å². The van der Waals surface area contributed by atoms with Crippen LogP contribution in [-0.4, -0.2) is 143 Å². The minimum Gasteiger partial charge on any atom is -0.857 e. The van der Waals surface area contributed by atoms with Crippen LogP contribution in [0.4, 0.5) is 0 Å². The van der Waals surface area contributed by atoms with Gasteiger partial charge in [0.15, 0.2) is 0 Å². The third-order valence-electron chi connectivity index (χ3n) is 9.34. The summed E-state index contributed by atoms with van der Waals surface area (Å²) in [6.45, 7) is 0.877. The zero-order chi connectivity index (χ0) is 55.3. The zero-order valence-electron chi connectivity index (χ0n) is 44.7. The smallest absolute Gasteiger partial charge is 0.857 e. The van der Waals surface area contributed by atoms with Crippen molar-refractivity contribution in [3.63, 3.8) is 0 Å². The number of nitrogens with zero attached hydrogens (tertiary/aromatic N) is 3. The number of carbonyl (C=O) groups excluding carboxylic acids is 5. The van der Waals surface area contributed by atoms with E-state index in [1.807, 2.05) is 0 Å². The van der Waals surface area contributed by atoms with Crippen LogP contribution in [0.15, 0.2) is 93.1 Å². The van der Waals surface area contributed by atoms with Crippen LogP contribution in [0.5, 0.6) is 0 Å². The summed E-state index contributed by atoms with van der Waals surface area (Å²) in [4.78, 5) is 75.1. The van der Waals surface area contributed by atoms with Crippen LogP contribution in [0, 0.1) is 39.9 Å². The van der Waals surface area contributed by atoms with Crippen LogP contribution in [0.3, 0.4) is 0 Å². The van der Waals surface area contributed by atoms with Crippen molar-refractivity contribution in [1.82, 2.24) is 25.3 Å². The number of nitrogens with one attached hydrogen (secondary N) is 2. The molecule has 0 saturated heterocycles. The molecule has 0 spiro atoms. The van der Waals surface area contributed by atoms with Crippen molar-refractivity contribution in [2.24, 2.45) is 0 Å². The Morgan fingerprint density at radius 3 is 1.32 bits per heavy atom. The maximum absolute atomic E-state index is 12.6. The van der Waals surface area contributed by atoms with Crippen molar-refractivity contribution in [2.45, 2.75) is 96.8 Å². The Balaban J connectivity index is -0.000000129. The van der Waals surface area contributed by atoms with Gasteiger partial charge in [-0.3, -0.25) is 28.9 Å². The first kappa shape index (κ1) is 83.0. The molecule has 2 amide bonds. The zero-order valence-corrected chi connectivity index (χ0v) is 52.8. The Morgan fingerprint density at radius 2 is 0.909 bits per heavy atom. The second-order valence-corrected chi connectivity index (χ2v) is 17.7. The molecule has 0 aliphatic heterocycles. The molecule has 0 saturated carbocycles. The van der Waals surface area contributed by atoms with Crippen molar-refractivity contribution >= 4 is 45.8 Å². The van der Waals surface area contributed by atoms with Crippen molar-refractivity contribution in [1.29, 1.82) is 0 Å². The topological polar surface area (TPSA) is 305 Å². The molecule has 77 heavy (non-hydrogen) atoms. The van der Waals surface area contributed by atoms with Crippen molar-refractivity contribution in [2.75, 3.05) is 98.9 Å². The number of phosphoric acid groups is 1. The number of hydrogen-bond donors (Lipinski definition) is 2. The molecule has 0 bridgehead atoms. The van der Waals surface area contributed by atoms with E-state index < -0.39 is 85.1 Å². The second-order valence-electron chi connectivity index (χ2n) is 15.3. The molecule has 443 valence electrons. The molecule has 0 aromatic heterocycles. The Morgan fingerprint density at radius 1 is 0.558 bits per heavy atom. The van der Waals surface area contributed by atoms with Crippen LogP contribution in [0.25, 0.3) is 0 Å². The fourth-order valence-electron chi connectivity index (χ4n) is 6.00. The van der Waals surface area contributed by atoms with Gasteiger partial charge in [0, 0.05) is 86.3 Å². The van der Waals surface area contributed by atoms with Gasteiger partial charge in [0.2, 0.25) is 11.8 Å². The molecular weight excluding hydrogens is 1200 g/mol. The number of aliphatic carboxylic acids is 3. The van der Waals surface area contributed by atoms with Gasteiger partial charge in [-0.25, -0.2) is 0 Å². The fourth-order valence-corrected chi connectivity index (χ4v) is 7.16. The normalized spacial score (nSPS) is 10.4. The minimum atomic E-state index is -4.89. The second kappa shape index (κ2) is 60.8. The Bertz CT molecular complexity index is 2410. The number of unbranched alkanes of at least 4 members (excludes halogenated alkanes) is 13. The van der Waals surface area contributed by atoms with Crippen LogP contribution >= 0.6 is 16.1 Å². The van der Waals surface area contributed by atoms with E-state index >= 15 is 0 Å². The molecule has 0 aliphatic rings. The van der Waals surface area contributed by atoms with Gasteiger partial charge in [0.1, 0.15) is 19.5 Å². The molecule has 21 nitrogen and oxygen atoms in total. The largest absolute Gasteiger partial charge is 3.00 e. The number of rotatable bonds is 42. The van der Waals surface area contributed by atoms with Gasteiger partial charge in [-0.05, 0) is 87.5 Å². The van der Waals surface area contributed by atoms with Crippen LogP contribution in [-0.2, 0) is 51.2 Å². The van der Waals surface area contributed by atoms with E-state index in [-0.39, 0.29) is 174 Å².